The minimum atomic E-state index is -0.977. The second-order valence-corrected chi connectivity index (χ2v) is 6.33. The van der Waals surface area contributed by atoms with Crippen molar-refractivity contribution in [2.24, 2.45) is 0 Å². The molecule has 156 valence electrons. The third-order valence-electron chi connectivity index (χ3n) is 4.62. The number of benzene rings is 2. The summed E-state index contributed by atoms with van der Waals surface area (Å²) < 4.78 is 27.0. The topological polar surface area (TPSA) is 103 Å². The molecule has 1 atom stereocenters. The van der Waals surface area contributed by atoms with Crippen LogP contribution in [0, 0.1) is 11.3 Å². The maximum Gasteiger partial charge on any atom is 0.288 e. The summed E-state index contributed by atoms with van der Waals surface area (Å²) in [7, 11) is 5.98. The lowest BCUT2D eigenvalue weighted by atomic mass is 10.1. The molecule has 0 bridgehead atoms. The smallest absolute Gasteiger partial charge is 0.288 e. The van der Waals surface area contributed by atoms with Gasteiger partial charge in [0.25, 0.3) is 5.91 Å². The lowest BCUT2D eigenvalue weighted by Gasteiger charge is -2.17. The van der Waals surface area contributed by atoms with Crippen LogP contribution in [0.25, 0.3) is 11.0 Å². The molecule has 0 fully saturated rings. The van der Waals surface area contributed by atoms with Gasteiger partial charge in [-0.25, -0.2) is 0 Å². The van der Waals surface area contributed by atoms with E-state index >= 15 is 0 Å². The lowest BCUT2D eigenvalue weighted by molar-refractivity contribution is 0.0912. The summed E-state index contributed by atoms with van der Waals surface area (Å²) in [6.07, 6.45) is 0. The molecule has 30 heavy (non-hydrogen) atoms. The van der Waals surface area contributed by atoms with Crippen LogP contribution < -0.4 is 19.5 Å². The van der Waals surface area contributed by atoms with Crippen LogP contribution in [0.3, 0.4) is 0 Å². The van der Waals surface area contributed by atoms with E-state index in [4.69, 9.17) is 23.4 Å². The summed E-state index contributed by atoms with van der Waals surface area (Å²) in [4.78, 5) is 13.0. The molecule has 0 aliphatic heterocycles. The Morgan fingerprint density at radius 2 is 1.77 bits per heavy atom. The predicted molar refractivity (Wildman–Crippen MR) is 109 cm³/mol. The Balaban J connectivity index is 1.97. The molecule has 0 aliphatic rings. The maximum absolute atomic E-state index is 13.0. The van der Waals surface area contributed by atoms with Crippen LogP contribution >= 0.6 is 0 Å². The van der Waals surface area contributed by atoms with Crippen molar-refractivity contribution >= 4 is 16.9 Å². The van der Waals surface area contributed by atoms with Crippen molar-refractivity contribution in [1.29, 1.82) is 5.26 Å². The number of nitriles is 1. The Labute approximate surface area is 173 Å². The van der Waals surface area contributed by atoms with Gasteiger partial charge in [0.15, 0.2) is 17.3 Å². The van der Waals surface area contributed by atoms with Gasteiger partial charge in [0.05, 0.1) is 34.0 Å². The number of nitrogens with one attached hydrogen (secondary N) is 1. The molecule has 0 saturated carbocycles. The highest BCUT2D eigenvalue weighted by atomic mass is 16.5. The Bertz CT molecular complexity index is 1070. The van der Waals surface area contributed by atoms with Gasteiger partial charge < -0.3 is 28.7 Å². The number of carbonyl (C=O) groups excluding carboxylic acids is 1. The minimum absolute atomic E-state index is 0.103. The zero-order valence-electron chi connectivity index (χ0n) is 17.1. The number of rotatable bonds is 8. The summed E-state index contributed by atoms with van der Waals surface area (Å²) in [5.41, 5.74) is 1.66. The monoisotopic (exact) mass is 410 g/mol. The van der Waals surface area contributed by atoms with E-state index in [1.165, 1.54) is 28.4 Å². The number of para-hydroxylation sites is 1. The quantitative estimate of drug-likeness (QED) is 0.605. The van der Waals surface area contributed by atoms with E-state index in [1.54, 1.807) is 18.2 Å². The third kappa shape index (κ3) is 3.88. The van der Waals surface area contributed by atoms with Gasteiger partial charge in [-0.15, -0.1) is 0 Å². The van der Waals surface area contributed by atoms with Gasteiger partial charge in [0.2, 0.25) is 5.75 Å². The average molecular weight is 410 g/mol. The van der Waals surface area contributed by atoms with Gasteiger partial charge in [-0.1, -0.05) is 18.2 Å². The second kappa shape index (κ2) is 9.20. The number of fused-ring (bicyclic) bond motifs is 1. The van der Waals surface area contributed by atoms with E-state index in [2.05, 4.69) is 11.4 Å². The fourth-order valence-electron chi connectivity index (χ4n) is 3.22. The van der Waals surface area contributed by atoms with Crippen molar-refractivity contribution in [3.05, 3.63) is 53.3 Å². The average Bonchev–Trinajstić information content (AvgIpc) is 3.15. The van der Waals surface area contributed by atoms with Crippen LogP contribution in [0.2, 0.25) is 0 Å². The third-order valence-corrected chi connectivity index (χ3v) is 4.62. The van der Waals surface area contributed by atoms with Crippen molar-refractivity contribution in [2.75, 3.05) is 28.4 Å². The van der Waals surface area contributed by atoms with E-state index < -0.39 is 11.9 Å². The predicted octanol–water partition coefficient (Wildman–Crippen LogP) is 3.60. The first kappa shape index (κ1) is 21.0. The Morgan fingerprint density at radius 1 is 1.10 bits per heavy atom. The van der Waals surface area contributed by atoms with Gasteiger partial charge in [-0.2, -0.15) is 5.26 Å². The first-order valence-corrected chi connectivity index (χ1v) is 9.07. The number of methoxy groups -OCH3 is 4. The largest absolute Gasteiger partial charge is 0.493 e. The first-order valence-electron chi connectivity index (χ1n) is 9.07. The molecule has 3 aromatic rings. The van der Waals surface area contributed by atoms with E-state index in [-0.39, 0.29) is 12.4 Å². The van der Waals surface area contributed by atoms with Crippen LogP contribution in [0.4, 0.5) is 0 Å². The molecule has 2 aromatic carbocycles. The highest BCUT2D eigenvalue weighted by Gasteiger charge is 2.25. The number of hydrogen-bond donors (Lipinski definition) is 1. The molecule has 1 amide bonds. The second-order valence-electron chi connectivity index (χ2n) is 6.33. The van der Waals surface area contributed by atoms with Gasteiger partial charge >= 0.3 is 0 Å². The lowest BCUT2D eigenvalue weighted by Crippen LogP contribution is -2.28. The highest BCUT2D eigenvalue weighted by molar-refractivity contribution is 5.99. The van der Waals surface area contributed by atoms with Crippen LogP contribution in [0.15, 0.2) is 40.8 Å². The summed E-state index contributed by atoms with van der Waals surface area (Å²) in [6.45, 7) is 0.196. The molecular weight excluding hydrogens is 388 g/mol. The molecule has 1 N–H and O–H groups in total. The van der Waals surface area contributed by atoms with Gasteiger partial charge in [0, 0.05) is 18.1 Å². The van der Waals surface area contributed by atoms with Crippen molar-refractivity contribution < 1.29 is 28.2 Å². The van der Waals surface area contributed by atoms with Crippen molar-refractivity contribution in [3.63, 3.8) is 0 Å². The summed E-state index contributed by atoms with van der Waals surface area (Å²) in [6, 6.07) is 11.6. The number of ether oxygens (including phenoxy) is 4. The zero-order chi connectivity index (χ0) is 21.7. The number of carbonyl (C=O) groups is 1. The Kier molecular flexibility index (Phi) is 6.45. The SMILES string of the molecule is COCc1c(C(=O)NC(C#N)c2cc(OC)c(OC)c(OC)c2)oc2ccccc12. The maximum atomic E-state index is 13.0. The number of hydrogen-bond acceptors (Lipinski definition) is 7. The molecule has 0 aliphatic carbocycles. The summed E-state index contributed by atoms with van der Waals surface area (Å²) >= 11 is 0. The number of amides is 1. The van der Waals surface area contributed by atoms with Crippen molar-refractivity contribution in [3.8, 4) is 23.3 Å². The summed E-state index contributed by atoms with van der Waals surface area (Å²) in [5, 5.41) is 13.2. The fraction of sp³-hybridized carbons (Fsp3) is 0.273. The van der Waals surface area contributed by atoms with E-state index in [1.807, 2.05) is 18.2 Å². The van der Waals surface area contributed by atoms with Crippen LogP contribution in [-0.4, -0.2) is 34.3 Å². The van der Waals surface area contributed by atoms with Gasteiger partial charge in [-0.3, -0.25) is 4.79 Å². The molecule has 8 heteroatoms. The van der Waals surface area contributed by atoms with E-state index in [9.17, 15) is 10.1 Å². The van der Waals surface area contributed by atoms with Crippen LogP contribution in [-0.2, 0) is 11.3 Å². The van der Waals surface area contributed by atoms with Crippen molar-refractivity contribution in [1.82, 2.24) is 5.32 Å². The van der Waals surface area contributed by atoms with Gasteiger partial charge in [-0.05, 0) is 23.8 Å². The normalized spacial score (nSPS) is 11.6. The highest BCUT2D eigenvalue weighted by Crippen LogP contribution is 2.39. The van der Waals surface area contributed by atoms with Gasteiger partial charge in [0.1, 0.15) is 11.6 Å². The first-order chi connectivity index (χ1) is 14.6. The standard InChI is InChI=1S/C22H22N2O6/c1-26-12-15-14-7-5-6-8-17(14)30-20(15)22(25)24-16(11-23)13-9-18(27-2)21(29-4)19(10-13)28-3/h5-10,16H,12H2,1-4H3,(H,24,25). The van der Waals surface area contributed by atoms with Crippen LogP contribution in [0.5, 0.6) is 17.2 Å². The fourth-order valence-corrected chi connectivity index (χ4v) is 3.22. The number of nitrogens with zero attached hydrogens (tertiary/aromatic N) is 1. The molecule has 0 spiro atoms. The zero-order valence-corrected chi connectivity index (χ0v) is 17.1. The van der Waals surface area contributed by atoms with Crippen LogP contribution in [0.1, 0.15) is 27.7 Å². The minimum Gasteiger partial charge on any atom is -0.493 e. The van der Waals surface area contributed by atoms with E-state index in [0.29, 0.717) is 34.0 Å². The molecule has 1 heterocycles. The van der Waals surface area contributed by atoms with Crippen molar-refractivity contribution in [2.45, 2.75) is 12.6 Å². The molecule has 0 saturated heterocycles. The molecule has 0 radical (unpaired) electrons. The summed E-state index contributed by atoms with van der Waals surface area (Å²) in [5.74, 6) is 0.728. The number of furan rings is 1. The molecular formula is C22H22N2O6. The Morgan fingerprint density at radius 3 is 2.33 bits per heavy atom. The molecule has 8 nitrogen and oxygen atoms in total. The molecule has 1 unspecified atom stereocenters. The molecule has 3 rings (SSSR count). The molecule has 1 aromatic heterocycles. The Hall–Kier alpha value is -3.70. The van der Waals surface area contributed by atoms with E-state index in [0.717, 1.165) is 5.39 Å².